The first kappa shape index (κ1) is 18.9. The van der Waals surface area contributed by atoms with E-state index >= 15 is 0 Å². The Labute approximate surface area is 152 Å². The van der Waals surface area contributed by atoms with Crippen molar-refractivity contribution < 1.29 is 0 Å². The third-order valence-electron chi connectivity index (χ3n) is 3.35. The predicted octanol–water partition coefficient (Wildman–Crippen LogP) is 3.80. The van der Waals surface area contributed by atoms with Crippen molar-refractivity contribution >= 4 is 28.6 Å². The summed E-state index contributed by atoms with van der Waals surface area (Å²) in [4.78, 5) is 16.1. The maximum absolute atomic E-state index is 4.73. The van der Waals surface area contributed by atoms with Crippen LogP contribution in [-0.4, -0.2) is 34.4 Å². The van der Waals surface area contributed by atoms with Crippen LogP contribution < -0.4 is 5.32 Å². The fraction of sp³-hybridized carbons (Fsp3) is 0.588. The van der Waals surface area contributed by atoms with Gasteiger partial charge >= 0.3 is 0 Å². The lowest BCUT2D eigenvalue weighted by molar-refractivity contribution is 0.470. The highest BCUT2D eigenvalue weighted by molar-refractivity contribution is 7.10. The molecule has 2 rings (SSSR count). The molecule has 2 aromatic heterocycles. The highest BCUT2D eigenvalue weighted by Gasteiger charge is 2.18. The van der Waals surface area contributed by atoms with Gasteiger partial charge < -0.3 is 10.2 Å². The molecule has 5 nitrogen and oxygen atoms in total. The highest BCUT2D eigenvalue weighted by Crippen LogP contribution is 2.25. The Morgan fingerprint density at radius 2 is 1.92 bits per heavy atom. The summed E-state index contributed by atoms with van der Waals surface area (Å²) in [5, 5.41) is 9.81. The summed E-state index contributed by atoms with van der Waals surface area (Å²) < 4.78 is 0. The van der Waals surface area contributed by atoms with Crippen molar-refractivity contribution in [2.75, 3.05) is 13.6 Å². The van der Waals surface area contributed by atoms with E-state index < -0.39 is 0 Å². The molecule has 7 heteroatoms. The Balaban J connectivity index is 2.05. The number of hydrogen-bond donors (Lipinski definition) is 1. The molecule has 0 saturated heterocycles. The molecular weight excluding hydrogens is 338 g/mol. The van der Waals surface area contributed by atoms with E-state index in [1.807, 2.05) is 14.0 Å². The summed E-state index contributed by atoms with van der Waals surface area (Å²) >= 11 is 3.39. The van der Waals surface area contributed by atoms with Gasteiger partial charge in [-0.15, -0.1) is 22.7 Å². The monoisotopic (exact) mass is 365 g/mol. The lowest BCUT2D eigenvalue weighted by Gasteiger charge is -2.21. The molecule has 0 aromatic carbocycles. The second-order valence-corrected chi connectivity index (χ2v) is 8.70. The van der Waals surface area contributed by atoms with Gasteiger partial charge in [0.1, 0.15) is 0 Å². The van der Waals surface area contributed by atoms with Crippen LogP contribution in [0.4, 0.5) is 0 Å². The Hall–Kier alpha value is -1.47. The normalized spacial score (nSPS) is 12.5. The molecule has 0 fully saturated rings. The van der Waals surface area contributed by atoms with Crippen molar-refractivity contribution in [2.45, 2.75) is 53.1 Å². The van der Waals surface area contributed by atoms with Crippen LogP contribution in [0.25, 0.3) is 0 Å². The van der Waals surface area contributed by atoms with Crippen LogP contribution in [0.5, 0.6) is 0 Å². The van der Waals surface area contributed by atoms with Gasteiger partial charge in [-0.25, -0.2) is 15.0 Å². The van der Waals surface area contributed by atoms with Gasteiger partial charge in [-0.1, -0.05) is 20.8 Å². The molecule has 2 heterocycles. The van der Waals surface area contributed by atoms with Crippen molar-refractivity contribution in [2.24, 2.45) is 4.99 Å². The number of aliphatic imine (C=N–C) groups is 1. The van der Waals surface area contributed by atoms with Crippen LogP contribution in [0.15, 0.2) is 15.8 Å². The average Bonchev–Trinajstić information content (AvgIpc) is 3.12. The highest BCUT2D eigenvalue weighted by atomic mass is 32.1. The van der Waals surface area contributed by atoms with Gasteiger partial charge in [0.25, 0.3) is 0 Å². The number of hydrogen-bond acceptors (Lipinski definition) is 5. The van der Waals surface area contributed by atoms with Gasteiger partial charge in [-0.3, -0.25) is 0 Å². The number of rotatable bonds is 5. The Kier molecular flexibility index (Phi) is 6.34. The van der Waals surface area contributed by atoms with E-state index in [2.05, 4.69) is 53.7 Å². The Morgan fingerprint density at radius 1 is 1.21 bits per heavy atom. The number of aryl methyl sites for hydroxylation is 1. The molecule has 0 aliphatic heterocycles. The van der Waals surface area contributed by atoms with E-state index in [9.17, 15) is 0 Å². The molecule has 0 bridgehead atoms. The maximum Gasteiger partial charge on any atom is 0.194 e. The molecular formula is C17H27N5S2. The van der Waals surface area contributed by atoms with Crippen LogP contribution in [0.3, 0.4) is 0 Å². The van der Waals surface area contributed by atoms with Crippen molar-refractivity contribution in [3.63, 3.8) is 0 Å². The summed E-state index contributed by atoms with van der Waals surface area (Å²) in [5.41, 5.74) is 2.20. The lowest BCUT2D eigenvalue weighted by Crippen LogP contribution is -2.38. The minimum atomic E-state index is 0.0937. The van der Waals surface area contributed by atoms with Gasteiger partial charge in [0.05, 0.1) is 34.5 Å². The maximum atomic E-state index is 4.73. The van der Waals surface area contributed by atoms with E-state index in [1.165, 1.54) is 0 Å². The van der Waals surface area contributed by atoms with E-state index in [1.54, 1.807) is 22.7 Å². The summed E-state index contributed by atoms with van der Waals surface area (Å²) in [7, 11) is 2.04. The zero-order chi connectivity index (χ0) is 17.7. The topological polar surface area (TPSA) is 53.4 Å². The molecule has 0 spiro atoms. The zero-order valence-corrected chi connectivity index (χ0v) is 17.0. The van der Waals surface area contributed by atoms with Gasteiger partial charge in [-0.05, 0) is 13.8 Å². The first-order valence-electron chi connectivity index (χ1n) is 8.15. The summed E-state index contributed by atoms with van der Waals surface area (Å²) in [6.07, 6.45) is 0. The third kappa shape index (κ3) is 5.27. The molecule has 132 valence electrons. The van der Waals surface area contributed by atoms with Crippen molar-refractivity contribution in [3.05, 3.63) is 32.2 Å². The molecule has 0 unspecified atom stereocenters. The number of nitrogens with zero attached hydrogens (tertiary/aromatic N) is 4. The quantitative estimate of drug-likeness (QED) is 0.647. The zero-order valence-electron chi connectivity index (χ0n) is 15.4. The van der Waals surface area contributed by atoms with Crippen LogP contribution in [0.2, 0.25) is 0 Å². The first-order valence-corrected chi connectivity index (χ1v) is 9.91. The second kappa shape index (κ2) is 8.07. The van der Waals surface area contributed by atoms with E-state index in [4.69, 9.17) is 9.98 Å². The molecule has 0 atom stereocenters. The molecule has 1 N–H and O–H groups in total. The average molecular weight is 366 g/mol. The van der Waals surface area contributed by atoms with Crippen LogP contribution in [0, 0.1) is 6.92 Å². The van der Waals surface area contributed by atoms with Crippen LogP contribution >= 0.6 is 22.7 Å². The van der Waals surface area contributed by atoms with E-state index in [0.717, 1.165) is 40.5 Å². The Bertz CT molecular complexity index is 681. The van der Waals surface area contributed by atoms with Gasteiger partial charge in [-0.2, -0.15) is 0 Å². The number of guanidine groups is 1. The fourth-order valence-electron chi connectivity index (χ4n) is 2.15. The minimum absolute atomic E-state index is 0.0937. The van der Waals surface area contributed by atoms with Crippen LogP contribution in [-0.2, 0) is 18.5 Å². The largest absolute Gasteiger partial charge is 0.357 e. The smallest absolute Gasteiger partial charge is 0.194 e. The van der Waals surface area contributed by atoms with Gasteiger partial charge in [0.15, 0.2) is 5.96 Å². The molecule has 0 aliphatic rings. The predicted molar refractivity (Wildman–Crippen MR) is 104 cm³/mol. The van der Waals surface area contributed by atoms with E-state index in [-0.39, 0.29) is 5.41 Å². The molecule has 0 amide bonds. The molecule has 0 saturated carbocycles. The summed E-state index contributed by atoms with van der Waals surface area (Å²) in [5.74, 6) is 0.883. The molecule has 0 radical (unpaired) electrons. The minimum Gasteiger partial charge on any atom is -0.357 e. The number of nitrogens with one attached hydrogen (secondary N) is 1. The fourth-order valence-corrected chi connectivity index (χ4v) is 3.65. The SMILES string of the molecule is CCNC(=NCc1csc(C(C)(C)C)n1)N(C)Cc1csc(C)n1. The number of thiazole rings is 2. The van der Waals surface area contributed by atoms with Crippen LogP contribution in [0.1, 0.15) is 49.1 Å². The van der Waals surface area contributed by atoms with Crippen molar-refractivity contribution in [1.29, 1.82) is 0 Å². The van der Waals surface area contributed by atoms with Crippen molar-refractivity contribution in [1.82, 2.24) is 20.2 Å². The third-order valence-corrected chi connectivity index (χ3v) is 5.49. The molecule has 24 heavy (non-hydrogen) atoms. The first-order chi connectivity index (χ1) is 11.3. The van der Waals surface area contributed by atoms with E-state index in [0.29, 0.717) is 6.54 Å². The molecule has 0 aliphatic carbocycles. The lowest BCUT2D eigenvalue weighted by atomic mass is 9.98. The summed E-state index contributed by atoms with van der Waals surface area (Å²) in [6.45, 7) is 12.9. The Morgan fingerprint density at radius 3 is 2.46 bits per heavy atom. The molecule has 2 aromatic rings. The number of aromatic nitrogens is 2. The van der Waals surface area contributed by atoms with Gasteiger partial charge in [0, 0.05) is 29.8 Å². The summed E-state index contributed by atoms with van der Waals surface area (Å²) in [6, 6.07) is 0. The van der Waals surface area contributed by atoms with Gasteiger partial charge in [0.2, 0.25) is 0 Å². The standard InChI is InChI=1S/C17H27N5S2/c1-7-18-16(22(6)9-14-11-23-12(2)20-14)19-8-13-10-24-15(21-13)17(3,4)5/h10-11H,7-9H2,1-6H3,(H,18,19). The van der Waals surface area contributed by atoms with Crippen molar-refractivity contribution in [3.8, 4) is 0 Å². The second-order valence-electron chi connectivity index (χ2n) is 6.78.